The predicted octanol–water partition coefficient (Wildman–Crippen LogP) is 2.83. The minimum Gasteiger partial charge on any atom is -0.244 e. The van der Waals surface area contributed by atoms with E-state index in [1.807, 2.05) is 0 Å². The van der Waals surface area contributed by atoms with E-state index in [9.17, 15) is 8.78 Å². The summed E-state index contributed by atoms with van der Waals surface area (Å²) in [6.45, 7) is 8.89. The summed E-state index contributed by atoms with van der Waals surface area (Å²) in [5, 5.41) is 0. The van der Waals surface area contributed by atoms with Crippen molar-refractivity contribution in [2.45, 2.75) is 19.8 Å². The topological polar surface area (TPSA) is 24.7 Å². The van der Waals surface area contributed by atoms with Crippen molar-refractivity contribution in [3.8, 4) is 0 Å². The molecule has 0 aromatic heterocycles. The largest absolute Gasteiger partial charge is 0.303 e. The maximum absolute atomic E-state index is 12.6. The maximum Gasteiger partial charge on any atom is 0.303 e. The van der Waals surface area contributed by atoms with Gasteiger partial charge in [0.2, 0.25) is 0 Å². The van der Waals surface area contributed by atoms with Crippen molar-refractivity contribution in [3.05, 3.63) is 24.4 Å². The molecule has 0 heterocycles. The average Bonchev–Trinajstić information content (AvgIpc) is 2.02. The molecule has 0 saturated carbocycles. The second-order valence-electron chi connectivity index (χ2n) is 2.58. The van der Waals surface area contributed by atoms with Crippen molar-refractivity contribution in [1.82, 2.24) is 0 Å². The van der Waals surface area contributed by atoms with Crippen LogP contribution in [-0.4, -0.2) is 18.5 Å². The number of hydrogen-bond acceptors (Lipinski definition) is 1. The first-order valence-corrected chi connectivity index (χ1v) is 3.64. The number of allylic oxidation sites excluding steroid dienone is 2. The number of amidine groups is 1. The van der Waals surface area contributed by atoms with E-state index in [2.05, 4.69) is 23.3 Å². The van der Waals surface area contributed by atoms with E-state index in [4.69, 9.17) is 0 Å². The van der Waals surface area contributed by atoms with Gasteiger partial charge in [0, 0.05) is 13.1 Å². The van der Waals surface area contributed by atoms with Crippen molar-refractivity contribution in [2.24, 2.45) is 9.98 Å². The SMILES string of the molecule is C=C/C(C)=C/N=C(N=C)C(C)(F)F. The van der Waals surface area contributed by atoms with Crippen LogP contribution < -0.4 is 0 Å². The molecule has 0 atom stereocenters. The van der Waals surface area contributed by atoms with Crippen molar-refractivity contribution in [2.75, 3.05) is 0 Å². The summed E-state index contributed by atoms with van der Waals surface area (Å²) in [7, 11) is 0. The molecule has 4 heteroatoms. The van der Waals surface area contributed by atoms with Crippen molar-refractivity contribution in [3.63, 3.8) is 0 Å². The van der Waals surface area contributed by atoms with E-state index in [1.165, 1.54) is 12.3 Å². The van der Waals surface area contributed by atoms with Gasteiger partial charge in [-0.3, -0.25) is 0 Å². The van der Waals surface area contributed by atoms with E-state index in [0.29, 0.717) is 5.57 Å². The quantitative estimate of drug-likeness (QED) is 0.368. The molecule has 0 N–H and O–H groups in total. The summed E-state index contributed by atoms with van der Waals surface area (Å²) in [4.78, 5) is 6.63. The standard InChI is InChI=1S/C9H12F2N2/c1-5-7(2)6-13-8(12-4)9(3,10)11/h5-6H,1,4H2,2-3H3/b7-6+,13-8?. The molecule has 0 radical (unpaired) electrons. The number of rotatable bonds is 3. The lowest BCUT2D eigenvalue weighted by atomic mass is 10.3. The second-order valence-corrected chi connectivity index (χ2v) is 2.58. The summed E-state index contributed by atoms with van der Waals surface area (Å²) in [6, 6.07) is 0. The second kappa shape index (κ2) is 4.64. The van der Waals surface area contributed by atoms with Gasteiger partial charge < -0.3 is 0 Å². The highest BCUT2D eigenvalue weighted by atomic mass is 19.3. The number of aliphatic imine (C=N–C) groups is 2. The molecule has 0 amide bonds. The molecule has 0 unspecified atom stereocenters. The Labute approximate surface area is 76.4 Å². The summed E-state index contributed by atoms with van der Waals surface area (Å²) >= 11 is 0. The lowest BCUT2D eigenvalue weighted by Crippen LogP contribution is -2.21. The Morgan fingerprint density at radius 1 is 1.46 bits per heavy atom. The maximum atomic E-state index is 12.6. The van der Waals surface area contributed by atoms with Gasteiger partial charge in [-0.2, -0.15) is 8.78 Å². The fraction of sp³-hybridized carbons (Fsp3) is 0.333. The smallest absolute Gasteiger partial charge is 0.244 e. The van der Waals surface area contributed by atoms with Gasteiger partial charge in [0.1, 0.15) is 0 Å². The summed E-state index contributed by atoms with van der Waals surface area (Å²) in [6.07, 6.45) is 2.78. The van der Waals surface area contributed by atoms with E-state index in [1.54, 1.807) is 6.92 Å². The zero-order chi connectivity index (χ0) is 10.5. The molecule has 0 rings (SSSR count). The molecule has 72 valence electrons. The number of hydrogen-bond donors (Lipinski definition) is 0. The van der Waals surface area contributed by atoms with Crippen LogP contribution in [0.25, 0.3) is 0 Å². The molecule has 0 aromatic rings. The van der Waals surface area contributed by atoms with Crippen LogP contribution in [0.15, 0.2) is 34.4 Å². The molecule has 0 fully saturated rings. The molecule has 2 nitrogen and oxygen atoms in total. The number of alkyl halides is 2. The Morgan fingerprint density at radius 3 is 2.31 bits per heavy atom. The minimum absolute atomic E-state index is 0.589. The Hall–Kier alpha value is -1.32. The first-order valence-electron chi connectivity index (χ1n) is 3.64. The highest BCUT2D eigenvalue weighted by Crippen LogP contribution is 2.15. The van der Waals surface area contributed by atoms with Crippen LogP contribution >= 0.6 is 0 Å². The third kappa shape index (κ3) is 4.30. The minimum atomic E-state index is -3.06. The lowest BCUT2D eigenvalue weighted by Gasteiger charge is -2.07. The molecule has 0 aliphatic heterocycles. The third-order valence-corrected chi connectivity index (χ3v) is 1.25. The number of halogens is 2. The van der Waals surface area contributed by atoms with E-state index < -0.39 is 11.8 Å². The van der Waals surface area contributed by atoms with Gasteiger partial charge in [-0.1, -0.05) is 12.7 Å². The van der Waals surface area contributed by atoms with Crippen LogP contribution in [-0.2, 0) is 0 Å². The van der Waals surface area contributed by atoms with Gasteiger partial charge in [-0.15, -0.1) is 0 Å². The molecule has 0 bridgehead atoms. The highest BCUT2D eigenvalue weighted by molar-refractivity contribution is 5.92. The molecule has 0 aromatic carbocycles. The zero-order valence-electron chi connectivity index (χ0n) is 7.72. The van der Waals surface area contributed by atoms with Crippen LogP contribution in [0.3, 0.4) is 0 Å². The van der Waals surface area contributed by atoms with Crippen LogP contribution in [0.5, 0.6) is 0 Å². The molecule has 0 aliphatic carbocycles. The van der Waals surface area contributed by atoms with Gasteiger partial charge in [0.05, 0.1) is 0 Å². The number of nitrogens with zero attached hydrogens (tertiary/aromatic N) is 2. The zero-order valence-corrected chi connectivity index (χ0v) is 7.72. The van der Waals surface area contributed by atoms with Crippen LogP contribution in [0.4, 0.5) is 8.78 Å². The molecule has 13 heavy (non-hydrogen) atoms. The summed E-state index contributed by atoms with van der Waals surface area (Å²) in [5.41, 5.74) is 0.686. The van der Waals surface area contributed by atoms with Gasteiger partial charge in [0.25, 0.3) is 0 Å². The summed E-state index contributed by atoms with van der Waals surface area (Å²) < 4.78 is 25.2. The first kappa shape index (κ1) is 11.7. The van der Waals surface area contributed by atoms with Crippen LogP contribution in [0.1, 0.15) is 13.8 Å². The Morgan fingerprint density at radius 2 is 2.00 bits per heavy atom. The fourth-order valence-corrected chi connectivity index (χ4v) is 0.509. The van der Waals surface area contributed by atoms with Gasteiger partial charge in [-0.25, -0.2) is 9.98 Å². The molecule has 0 aliphatic rings. The van der Waals surface area contributed by atoms with Crippen molar-refractivity contribution in [1.29, 1.82) is 0 Å². The Bertz CT molecular complexity index is 259. The first-order chi connectivity index (χ1) is 5.91. The summed E-state index contributed by atoms with van der Waals surface area (Å²) in [5.74, 6) is -3.65. The third-order valence-electron chi connectivity index (χ3n) is 1.25. The van der Waals surface area contributed by atoms with Crippen molar-refractivity contribution >= 4 is 12.6 Å². The van der Waals surface area contributed by atoms with Gasteiger partial charge in [0.15, 0.2) is 5.84 Å². The molecular weight excluding hydrogens is 174 g/mol. The van der Waals surface area contributed by atoms with E-state index >= 15 is 0 Å². The Balaban J connectivity index is 4.79. The van der Waals surface area contributed by atoms with Gasteiger partial charge in [-0.05, 0) is 19.2 Å². The van der Waals surface area contributed by atoms with E-state index in [-0.39, 0.29) is 0 Å². The fourth-order valence-electron chi connectivity index (χ4n) is 0.509. The average molecular weight is 186 g/mol. The van der Waals surface area contributed by atoms with Crippen molar-refractivity contribution < 1.29 is 8.78 Å². The van der Waals surface area contributed by atoms with Crippen LogP contribution in [0, 0.1) is 0 Å². The molecule has 0 spiro atoms. The molecular formula is C9H12F2N2. The van der Waals surface area contributed by atoms with Gasteiger partial charge >= 0.3 is 5.92 Å². The normalized spacial score (nSPS) is 14.2. The molecule has 0 saturated heterocycles. The lowest BCUT2D eigenvalue weighted by molar-refractivity contribution is 0.0992. The predicted molar refractivity (Wildman–Crippen MR) is 51.6 cm³/mol. The van der Waals surface area contributed by atoms with Crippen LogP contribution in [0.2, 0.25) is 0 Å². The monoisotopic (exact) mass is 186 g/mol. The van der Waals surface area contributed by atoms with E-state index in [0.717, 1.165) is 6.92 Å². The Kier molecular flexibility index (Phi) is 4.17. The highest BCUT2D eigenvalue weighted by Gasteiger charge is 2.28.